The Morgan fingerprint density at radius 3 is 2.24 bits per heavy atom. The second-order valence-electron chi connectivity index (χ2n) is 5.03. The summed E-state index contributed by atoms with van der Waals surface area (Å²) in [4.78, 5) is 11.7. The average Bonchev–Trinajstić information content (AvgIpc) is 2.34. The lowest BCUT2D eigenvalue weighted by molar-refractivity contribution is -0.123. The third-order valence-electron chi connectivity index (χ3n) is 3.30. The molecule has 0 aliphatic rings. The standard InChI is InChI=1S/C14H30N2O/c1-6-9-15-14(17)12(5)16-13(8-3)10-11(4)7-2/h11-13,16H,6-10H2,1-5H3,(H,15,17). The maximum absolute atomic E-state index is 11.7. The molecule has 0 heterocycles. The maximum atomic E-state index is 11.7. The van der Waals surface area contributed by atoms with Crippen LogP contribution in [0.5, 0.6) is 0 Å². The first-order chi connectivity index (χ1) is 8.04. The van der Waals surface area contributed by atoms with Crippen LogP contribution >= 0.6 is 0 Å². The van der Waals surface area contributed by atoms with Gasteiger partial charge in [0.05, 0.1) is 6.04 Å². The van der Waals surface area contributed by atoms with E-state index >= 15 is 0 Å². The van der Waals surface area contributed by atoms with Crippen LogP contribution < -0.4 is 10.6 Å². The van der Waals surface area contributed by atoms with Crippen molar-refractivity contribution < 1.29 is 4.79 Å². The van der Waals surface area contributed by atoms with E-state index in [0.717, 1.165) is 31.7 Å². The Labute approximate surface area is 107 Å². The highest BCUT2D eigenvalue weighted by Gasteiger charge is 2.17. The zero-order valence-corrected chi connectivity index (χ0v) is 12.2. The van der Waals surface area contributed by atoms with Crippen LogP contribution in [0.4, 0.5) is 0 Å². The highest BCUT2D eigenvalue weighted by atomic mass is 16.2. The summed E-state index contributed by atoms with van der Waals surface area (Å²) in [5.41, 5.74) is 0. The summed E-state index contributed by atoms with van der Waals surface area (Å²) in [5.74, 6) is 0.841. The normalized spacial score (nSPS) is 16.3. The van der Waals surface area contributed by atoms with Crippen molar-refractivity contribution in [3.8, 4) is 0 Å². The van der Waals surface area contributed by atoms with Crippen molar-refractivity contribution in [1.82, 2.24) is 10.6 Å². The zero-order chi connectivity index (χ0) is 13.3. The Balaban J connectivity index is 4.04. The van der Waals surface area contributed by atoms with Crippen LogP contribution in [-0.2, 0) is 4.79 Å². The lowest BCUT2D eigenvalue weighted by Gasteiger charge is -2.24. The van der Waals surface area contributed by atoms with E-state index in [0.29, 0.717) is 6.04 Å². The second-order valence-corrected chi connectivity index (χ2v) is 5.03. The van der Waals surface area contributed by atoms with E-state index in [9.17, 15) is 4.79 Å². The summed E-state index contributed by atoms with van der Waals surface area (Å²) in [6, 6.07) is 0.364. The van der Waals surface area contributed by atoms with Crippen molar-refractivity contribution in [2.75, 3.05) is 6.54 Å². The predicted octanol–water partition coefficient (Wildman–Crippen LogP) is 2.71. The molecule has 102 valence electrons. The molecule has 0 aromatic heterocycles. The Hall–Kier alpha value is -0.570. The van der Waals surface area contributed by atoms with Crippen LogP contribution in [0.3, 0.4) is 0 Å². The van der Waals surface area contributed by atoms with Crippen molar-refractivity contribution in [1.29, 1.82) is 0 Å². The molecule has 3 nitrogen and oxygen atoms in total. The topological polar surface area (TPSA) is 41.1 Å². The zero-order valence-electron chi connectivity index (χ0n) is 12.2. The fraction of sp³-hybridized carbons (Fsp3) is 0.929. The van der Waals surface area contributed by atoms with Gasteiger partial charge in [-0.15, -0.1) is 0 Å². The van der Waals surface area contributed by atoms with Gasteiger partial charge in [0.2, 0.25) is 5.91 Å². The van der Waals surface area contributed by atoms with Crippen molar-refractivity contribution >= 4 is 5.91 Å². The van der Waals surface area contributed by atoms with Gasteiger partial charge in [-0.3, -0.25) is 4.79 Å². The Kier molecular flexibility index (Phi) is 9.14. The molecule has 0 saturated heterocycles. The van der Waals surface area contributed by atoms with Gasteiger partial charge in [0.1, 0.15) is 0 Å². The highest BCUT2D eigenvalue weighted by Crippen LogP contribution is 2.12. The molecule has 17 heavy (non-hydrogen) atoms. The summed E-state index contributed by atoms with van der Waals surface area (Å²) in [5, 5.41) is 6.36. The number of hydrogen-bond donors (Lipinski definition) is 2. The molecule has 2 N–H and O–H groups in total. The molecule has 0 aliphatic heterocycles. The second kappa shape index (κ2) is 9.46. The van der Waals surface area contributed by atoms with Crippen molar-refractivity contribution in [3.63, 3.8) is 0 Å². The van der Waals surface area contributed by atoms with Crippen molar-refractivity contribution in [3.05, 3.63) is 0 Å². The van der Waals surface area contributed by atoms with Gasteiger partial charge < -0.3 is 10.6 Å². The van der Waals surface area contributed by atoms with Crippen LogP contribution in [0.2, 0.25) is 0 Å². The van der Waals surface area contributed by atoms with Crippen LogP contribution in [0.25, 0.3) is 0 Å². The van der Waals surface area contributed by atoms with E-state index in [1.807, 2.05) is 6.92 Å². The van der Waals surface area contributed by atoms with Gasteiger partial charge in [0.15, 0.2) is 0 Å². The van der Waals surface area contributed by atoms with Crippen LogP contribution in [0, 0.1) is 5.92 Å². The number of carbonyl (C=O) groups excluding carboxylic acids is 1. The fourth-order valence-electron chi connectivity index (χ4n) is 1.84. The van der Waals surface area contributed by atoms with Gasteiger partial charge in [0.25, 0.3) is 0 Å². The lowest BCUT2D eigenvalue weighted by Crippen LogP contribution is -2.47. The summed E-state index contributed by atoms with van der Waals surface area (Å²) in [6.45, 7) is 11.4. The molecule has 0 bridgehead atoms. The largest absolute Gasteiger partial charge is 0.355 e. The summed E-state index contributed by atoms with van der Waals surface area (Å²) >= 11 is 0. The molecule has 1 amide bonds. The molecule has 0 radical (unpaired) electrons. The minimum absolute atomic E-state index is 0.0874. The average molecular weight is 242 g/mol. The van der Waals surface area contributed by atoms with E-state index in [2.05, 4.69) is 38.3 Å². The monoisotopic (exact) mass is 242 g/mol. The molecule has 0 rings (SSSR count). The molecule has 3 unspecified atom stereocenters. The lowest BCUT2D eigenvalue weighted by atomic mass is 9.97. The van der Waals surface area contributed by atoms with Crippen molar-refractivity contribution in [2.45, 2.75) is 72.4 Å². The fourth-order valence-corrected chi connectivity index (χ4v) is 1.84. The van der Waals surface area contributed by atoms with Gasteiger partial charge in [-0.25, -0.2) is 0 Å². The quantitative estimate of drug-likeness (QED) is 0.653. The predicted molar refractivity (Wildman–Crippen MR) is 74.0 cm³/mol. The van der Waals surface area contributed by atoms with E-state index in [1.54, 1.807) is 0 Å². The Morgan fingerprint density at radius 2 is 1.76 bits per heavy atom. The highest BCUT2D eigenvalue weighted by molar-refractivity contribution is 5.81. The maximum Gasteiger partial charge on any atom is 0.236 e. The first kappa shape index (κ1) is 16.4. The van der Waals surface area contributed by atoms with Gasteiger partial charge in [-0.05, 0) is 32.1 Å². The first-order valence-electron chi connectivity index (χ1n) is 7.08. The molecule has 0 spiro atoms. The molecular formula is C14H30N2O. The third kappa shape index (κ3) is 7.37. The van der Waals surface area contributed by atoms with Crippen molar-refractivity contribution in [2.24, 2.45) is 5.92 Å². The number of nitrogens with one attached hydrogen (secondary N) is 2. The first-order valence-corrected chi connectivity index (χ1v) is 7.08. The van der Waals surface area contributed by atoms with Crippen LogP contribution in [-0.4, -0.2) is 24.5 Å². The van der Waals surface area contributed by atoms with Crippen LogP contribution in [0.1, 0.15) is 60.3 Å². The summed E-state index contributed by atoms with van der Waals surface area (Å²) in [7, 11) is 0. The van der Waals surface area contributed by atoms with Gasteiger partial charge in [-0.1, -0.05) is 34.1 Å². The van der Waals surface area contributed by atoms with Gasteiger partial charge in [-0.2, -0.15) is 0 Å². The molecule has 0 aromatic carbocycles. The summed E-state index contributed by atoms with van der Waals surface area (Å²) < 4.78 is 0. The minimum atomic E-state index is -0.0874. The smallest absolute Gasteiger partial charge is 0.236 e. The molecule has 3 atom stereocenters. The molecule has 3 heteroatoms. The Bertz CT molecular complexity index is 206. The van der Waals surface area contributed by atoms with Crippen LogP contribution in [0.15, 0.2) is 0 Å². The molecule has 0 aromatic rings. The van der Waals surface area contributed by atoms with E-state index in [1.165, 1.54) is 6.42 Å². The number of amides is 1. The third-order valence-corrected chi connectivity index (χ3v) is 3.30. The SMILES string of the molecule is CCCNC(=O)C(C)NC(CC)CC(C)CC. The minimum Gasteiger partial charge on any atom is -0.355 e. The number of carbonyl (C=O) groups is 1. The van der Waals surface area contributed by atoms with Gasteiger partial charge in [0, 0.05) is 12.6 Å². The molecular weight excluding hydrogens is 212 g/mol. The molecule has 0 fully saturated rings. The van der Waals surface area contributed by atoms with E-state index in [4.69, 9.17) is 0 Å². The molecule has 0 saturated carbocycles. The van der Waals surface area contributed by atoms with E-state index in [-0.39, 0.29) is 11.9 Å². The van der Waals surface area contributed by atoms with E-state index < -0.39 is 0 Å². The Morgan fingerprint density at radius 1 is 1.12 bits per heavy atom. The number of hydrogen-bond acceptors (Lipinski definition) is 2. The molecule has 0 aliphatic carbocycles. The summed E-state index contributed by atoms with van der Waals surface area (Å²) in [6.07, 6.45) is 4.42. The number of rotatable bonds is 9. The van der Waals surface area contributed by atoms with Gasteiger partial charge >= 0.3 is 0 Å².